The van der Waals surface area contributed by atoms with Crippen LogP contribution in [0, 0.1) is 0 Å². The number of hydrogen-bond donors (Lipinski definition) is 0. The average molecular weight is 258 g/mol. The molecule has 6 nitrogen and oxygen atoms in total. The second-order valence-corrected chi connectivity index (χ2v) is 3.84. The summed E-state index contributed by atoms with van der Waals surface area (Å²) >= 11 is 0. The Morgan fingerprint density at radius 2 is 1.17 bits per heavy atom. The fraction of sp³-hybridized carbons (Fsp3) is 0.833. The summed E-state index contributed by atoms with van der Waals surface area (Å²) in [5.41, 5.74) is 0. The highest BCUT2D eigenvalue weighted by atomic mass is 16.6. The van der Waals surface area contributed by atoms with Crippen molar-refractivity contribution in [3.8, 4) is 0 Å². The Labute approximate surface area is 108 Å². The first-order valence-corrected chi connectivity index (χ1v) is 6.46. The summed E-state index contributed by atoms with van der Waals surface area (Å²) in [5.74, 6) is 0. The molecule has 0 aromatic heterocycles. The van der Waals surface area contributed by atoms with E-state index in [4.69, 9.17) is 9.47 Å². The smallest absolute Gasteiger partial charge is 0.447 e. The van der Waals surface area contributed by atoms with E-state index in [2.05, 4.69) is 24.1 Å². The summed E-state index contributed by atoms with van der Waals surface area (Å²) in [4.78, 5) is 22.0. The van der Waals surface area contributed by atoms with Gasteiger partial charge in [-0.3, -0.25) is 0 Å². The zero-order chi connectivity index (χ0) is 13.6. The summed E-state index contributed by atoms with van der Waals surface area (Å²) in [6, 6.07) is 0. The van der Waals surface area contributed by atoms with Gasteiger partial charge in [0.05, 0.1) is 13.2 Å². The summed E-state index contributed by atoms with van der Waals surface area (Å²) < 4.78 is 9.46. The van der Waals surface area contributed by atoms with Crippen LogP contribution in [0.4, 0.5) is 9.59 Å². The molecule has 0 unspecified atom stereocenters. The third-order valence-corrected chi connectivity index (χ3v) is 2.16. The van der Waals surface area contributed by atoms with E-state index in [1.165, 1.54) is 0 Å². The first-order valence-electron chi connectivity index (χ1n) is 6.46. The maximum Gasteiger partial charge on any atom is 0.452 e. The highest BCUT2D eigenvalue weighted by molar-refractivity contribution is 5.73. The molecule has 6 heteroatoms. The Morgan fingerprint density at radius 3 is 1.50 bits per heavy atom. The molecule has 0 atom stereocenters. The molecule has 0 N–H and O–H groups in total. The quantitative estimate of drug-likeness (QED) is 0.485. The van der Waals surface area contributed by atoms with Crippen LogP contribution in [0.2, 0.25) is 0 Å². The number of amides is 2. The number of carbonyl (C=O) groups excluding carboxylic acids is 2. The van der Waals surface area contributed by atoms with E-state index in [1.807, 2.05) is 0 Å². The third-order valence-electron chi connectivity index (χ3n) is 2.16. The fourth-order valence-corrected chi connectivity index (χ4v) is 1.16. The molecule has 0 aromatic carbocycles. The van der Waals surface area contributed by atoms with Gasteiger partial charge in [-0.1, -0.05) is 49.8 Å². The van der Waals surface area contributed by atoms with Gasteiger partial charge < -0.3 is 9.47 Å². The third kappa shape index (κ3) is 11.0. The molecular weight excluding hydrogens is 236 g/mol. The predicted molar refractivity (Wildman–Crippen MR) is 66.6 cm³/mol. The van der Waals surface area contributed by atoms with Crippen LogP contribution >= 0.6 is 0 Å². The van der Waals surface area contributed by atoms with Crippen molar-refractivity contribution >= 4 is 12.2 Å². The highest BCUT2D eigenvalue weighted by Gasteiger charge is 2.03. The zero-order valence-corrected chi connectivity index (χ0v) is 11.2. The minimum atomic E-state index is -0.850. The van der Waals surface area contributed by atoms with Gasteiger partial charge in [0.15, 0.2) is 0 Å². The lowest BCUT2D eigenvalue weighted by Gasteiger charge is -2.00. The van der Waals surface area contributed by atoms with E-state index in [-0.39, 0.29) is 0 Å². The number of rotatable bonds is 8. The summed E-state index contributed by atoms with van der Waals surface area (Å²) in [7, 11) is 0. The van der Waals surface area contributed by atoms with Crippen LogP contribution in [0.25, 0.3) is 0 Å². The molecule has 104 valence electrons. The molecule has 0 saturated heterocycles. The van der Waals surface area contributed by atoms with Crippen molar-refractivity contribution in [3.05, 3.63) is 0 Å². The maximum atomic E-state index is 11.0. The Morgan fingerprint density at radius 1 is 0.778 bits per heavy atom. The molecule has 0 fully saturated rings. The highest BCUT2D eigenvalue weighted by Crippen LogP contribution is 1.98. The van der Waals surface area contributed by atoms with E-state index < -0.39 is 12.2 Å². The largest absolute Gasteiger partial charge is 0.452 e. The van der Waals surface area contributed by atoms with Crippen molar-refractivity contribution in [1.29, 1.82) is 0 Å². The number of unbranched alkanes of at least 4 members (excludes halogenated alkanes) is 4. The molecule has 0 radical (unpaired) electrons. The molecule has 2 amide bonds. The van der Waals surface area contributed by atoms with Crippen molar-refractivity contribution in [1.82, 2.24) is 0 Å². The van der Waals surface area contributed by atoms with Crippen LogP contribution < -0.4 is 0 Å². The van der Waals surface area contributed by atoms with Crippen LogP contribution in [0.3, 0.4) is 0 Å². The van der Waals surface area contributed by atoms with Gasteiger partial charge in [0.2, 0.25) is 0 Å². The van der Waals surface area contributed by atoms with Crippen LogP contribution in [-0.2, 0) is 9.47 Å². The first kappa shape index (κ1) is 16.5. The Kier molecular flexibility index (Phi) is 11.0. The summed E-state index contributed by atoms with van der Waals surface area (Å²) in [6.45, 7) is 4.71. The molecule has 0 aliphatic carbocycles. The molecule has 0 aliphatic rings. The minimum absolute atomic E-state index is 0.303. The van der Waals surface area contributed by atoms with Crippen LogP contribution in [-0.4, -0.2) is 25.4 Å². The topological polar surface area (TPSA) is 77.3 Å². The number of hydrogen-bond acceptors (Lipinski definition) is 4. The number of carbonyl (C=O) groups is 2. The number of ether oxygens (including phenoxy) is 2. The van der Waals surface area contributed by atoms with Crippen molar-refractivity contribution < 1.29 is 19.1 Å². The Bertz CT molecular complexity index is 241. The maximum absolute atomic E-state index is 11.0. The number of nitrogens with zero attached hydrogens (tertiary/aromatic N) is 2. The molecule has 0 rings (SSSR count). The Balaban J connectivity index is 3.58. The van der Waals surface area contributed by atoms with Crippen LogP contribution in [0.15, 0.2) is 10.2 Å². The van der Waals surface area contributed by atoms with E-state index in [0.29, 0.717) is 13.2 Å². The molecule has 0 heterocycles. The van der Waals surface area contributed by atoms with Crippen molar-refractivity contribution in [2.24, 2.45) is 10.2 Å². The molecule has 0 spiro atoms. The summed E-state index contributed by atoms with van der Waals surface area (Å²) in [6.07, 6.45) is 3.95. The van der Waals surface area contributed by atoms with E-state index in [9.17, 15) is 9.59 Å². The van der Waals surface area contributed by atoms with Crippen molar-refractivity contribution in [2.45, 2.75) is 52.4 Å². The summed E-state index contributed by atoms with van der Waals surface area (Å²) in [5, 5.41) is 6.22. The standard InChI is InChI=1S/C12H22N2O4/c1-3-5-7-9-17-11(15)13-14-12(16)18-10-8-6-4-2/h3-10H2,1-2H3/b14-13+. The molecule has 18 heavy (non-hydrogen) atoms. The lowest BCUT2D eigenvalue weighted by Crippen LogP contribution is -2.03. The first-order chi connectivity index (χ1) is 8.70. The normalized spacial score (nSPS) is 10.6. The van der Waals surface area contributed by atoms with Gasteiger partial charge in [0, 0.05) is 0 Å². The van der Waals surface area contributed by atoms with E-state index in [1.54, 1.807) is 0 Å². The van der Waals surface area contributed by atoms with Gasteiger partial charge >= 0.3 is 12.2 Å². The van der Waals surface area contributed by atoms with Gasteiger partial charge in [-0.05, 0) is 12.8 Å². The fourth-order valence-electron chi connectivity index (χ4n) is 1.16. The van der Waals surface area contributed by atoms with Crippen LogP contribution in [0.1, 0.15) is 52.4 Å². The van der Waals surface area contributed by atoms with Gasteiger partial charge in [-0.2, -0.15) is 0 Å². The van der Waals surface area contributed by atoms with Crippen LogP contribution in [0.5, 0.6) is 0 Å². The minimum Gasteiger partial charge on any atom is -0.447 e. The van der Waals surface area contributed by atoms with E-state index >= 15 is 0 Å². The monoisotopic (exact) mass is 258 g/mol. The van der Waals surface area contributed by atoms with Gasteiger partial charge in [0.25, 0.3) is 0 Å². The average Bonchev–Trinajstić information content (AvgIpc) is 2.37. The van der Waals surface area contributed by atoms with Crippen molar-refractivity contribution in [2.75, 3.05) is 13.2 Å². The SMILES string of the molecule is CCCCCOC(=O)/N=N/C(=O)OCCCCC. The molecule has 0 saturated carbocycles. The van der Waals surface area contributed by atoms with E-state index in [0.717, 1.165) is 38.5 Å². The molecule has 0 aromatic rings. The second kappa shape index (κ2) is 12.0. The number of azo groups is 1. The Hall–Kier alpha value is -1.46. The second-order valence-electron chi connectivity index (χ2n) is 3.84. The van der Waals surface area contributed by atoms with Gasteiger partial charge in [0.1, 0.15) is 0 Å². The molecule has 0 bridgehead atoms. The molecular formula is C12H22N2O4. The van der Waals surface area contributed by atoms with Gasteiger partial charge in [-0.25, -0.2) is 9.59 Å². The van der Waals surface area contributed by atoms with Crippen molar-refractivity contribution in [3.63, 3.8) is 0 Å². The zero-order valence-electron chi connectivity index (χ0n) is 11.2. The molecule has 0 aliphatic heterocycles. The predicted octanol–water partition coefficient (Wildman–Crippen LogP) is 4.09. The lowest BCUT2D eigenvalue weighted by molar-refractivity contribution is 0.144. The van der Waals surface area contributed by atoms with Gasteiger partial charge in [-0.15, -0.1) is 0 Å². The lowest BCUT2D eigenvalue weighted by atomic mass is 10.3.